The summed E-state index contributed by atoms with van der Waals surface area (Å²) in [6, 6.07) is 7.82. The molecule has 1 aromatic rings. The van der Waals surface area contributed by atoms with Crippen molar-refractivity contribution >= 4 is 18.5 Å². The summed E-state index contributed by atoms with van der Waals surface area (Å²) in [5, 5.41) is 0. The largest absolute Gasteiger partial charge is 0.444 e. The molecule has 1 amide bonds. The molecule has 4 nitrogen and oxygen atoms in total. The van der Waals surface area contributed by atoms with Gasteiger partial charge in [0.2, 0.25) is 0 Å². The minimum atomic E-state index is -4.29. The Labute approximate surface area is 176 Å². The smallest absolute Gasteiger partial charge is 0.410 e. The zero-order chi connectivity index (χ0) is 20.6. The van der Waals surface area contributed by atoms with E-state index in [0.717, 1.165) is 5.56 Å². The van der Waals surface area contributed by atoms with E-state index >= 15 is 0 Å². The number of benzene rings is 1. The highest BCUT2D eigenvalue weighted by molar-refractivity contribution is 5.85. The summed E-state index contributed by atoms with van der Waals surface area (Å²) in [6.07, 6.45) is -3.53. The van der Waals surface area contributed by atoms with Crippen LogP contribution in [0, 0.1) is 5.41 Å². The number of hydrogen-bond acceptors (Lipinski definition) is 3. The molecule has 0 radical (unpaired) electrons. The van der Waals surface area contributed by atoms with E-state index in [4.69, 9.17) is 4.74 Å². The number of carbonyl (C=O) groups is 1. The van der Waals surface area contributed by atoms with E-state index in [1.165, 1.54) is 0 Å². The minimum Gasteiger partial charge on any atom is -0.444 e. The molecule has 0 saturated carbocycles. The van der Waals surface area contributed by atoms with Crippen LogP contribution >= 0.6 is 12.4 Å². The number of hydrogen-bond donors (Lipinski definition) is 0. The van der Waals surface area contributed by atoms with Crippen molar-refractivity contribution in [2.75, 3.05) is 19.6 Å². The predicted molar refractivity (Wildman–Crippen MR) is 108 cm³/mol. The molecule has 1 unspecified atom stereocenters. The number of rotatable bonds is 2. The standard InChI is InChI=1S/C21H29F3N2O2.ClH/c1-19(2,3)28-18(27)25-12-9-20(10-13-25)11-14-26(17(20)21(22,23)24)15-16-7-5-4-6-8-16;/h4-8,17H,9-15H2,1-3H3;1H. The number of alkyl halides is 3. The second-order valence-electron chi connectivity index (χ2n) is 8.98. The van der Waals surface area contributed by atoms with Crippen LogP contribution in [-0.2, 0) is 11.3 Å². The van der Waals surface area contributed by atoms with E-state index in [1.807, 2.05) is 30.3 Å². The molecule has 2 aliphatic rings. The quantitative estimate of drug-likeness (QED) is 0.636. The van der Waals surface area contributed by atoms with Crippen LogP contribution in [0.3, 0.4) is 0 Å². The Balaban J connectivity index is 0.00000300. The van der Waals surface area contributed by atoms with Gasteiger partial charge in [-0.1, -0.05) is 30.3 Å². The first kappa shape index (κ1) is 23.8. The Morgan fingerprint density at radius 3 is 2.14 bits per heavy atom. The molecule has 1 atom stereocenters. The van der Waals surface area contributed by atoms with Gasteiger partial charge >= 0.3 is 12.3 Å². The summed E-state index contributed by atoms with van der Waals surface area (Å²) in [4.78, 5) is 15.4. The van der Waals surface area contributed by atoms with Crippen molar-refractivity contribution in [3.05, 3.63) is 35.9 Å². The van der Waals surface area contributed by atoms with Crippen molar-refractivity contribution in [3.8, 4) is 0 Å². The summed E-state index contributed by atoms with van der Waals surface area (Å²) in [5.74, 6) is 0. The van der Waals surface area contributed by atoms with Gasteiger partial charge in [-0.15, -0.1) is 12.4 Å². The highest BCUT2D eigenvalue weighted by atomic mass is 35.5. The van der Waals surface area contributed by atoms with Crippen LogP contribution in [0.4, 0.5) is 18.0 Å². The Hall–Kier alpha value is -1.47. The summed E-state index contributed by atoms with van der Waals surface area (Å²) in [6.45, 7) is 6.69. The van der Waals surface area contributed by atoms with Gasteiger partial charge in [0, 0.05) is 19.6 Å². The molecule has 3 rings (SSSR count). The molecule has 2 fully saturated rings. The summed E-state index contributed by atoms with van der Waals surface area (Å²) in [5.41, 5.74) is -0.550. The van der Waals surface area contributed by atoms with Crippen molar-refractivity contribution < 1.29 is 22.7 Å². The van der Waals surface area contributed by atoms with Crippen molar-refractivity contribution in [2.24, 2.45) is 5.41 Å². The first-order valence-electron chi connectivity index (χ1n) is 9.83. The van der Waals surface area contributed by atoms with E-state index in [-0.39, 0.29) is 12.4 Å². The first-order valence-corrected chi connectivity index (χ1v) is 9.83. The Morgan fingerprint density at radius 2 is 1.62 bits per heavy atom. The van der Waals surface area contributed by atoms with Crippen LogP contribution in [0.15, 0.2) is 30.3 Å². The molecule has 1 aromatic carbocycles. The van der Waals surface area contributed by atoms with E-state index in [0.29, 0.717) is 45.4 Å². The summed E-state index contributed by atoms with van der Waals surface area (Å²) < 4.78 is 47.6. The van der Waals surface area contributed by atoms with Gasteiger partial charge in [0.15, 0.2) is 0 Å². The molecule has 164 valence electrons. The third kappa shape index (κ3) is 5.57. The van der Waals surface area contributed by atoms with Gasteiger partial charge in [-0.05, 0) is 57.6 Å². The minimum absolute atomic E-state index is 0. The Morgan fingerprint density at radius 1 is 1.07 bits per heavy atom. The van der Waals surface area contributed by atoms with Crippen molar-refractivity contribution in [2.45, 2.75) is 64.4 Å². The molecule has 0 bridgehead atoms. The van der Waals surface area contributed by atoms with E-state index in [2.05, 4.69) is 0 Å². The molecule has 1 spiro atoms. The second kappa shape index (κ2) is 8.72. The van der Waals surface area contributed by atoms with Gasteiger partial charge in [-0.25, -0.2) is 4.79 Å². The van der Waals surface area contributed by atoms with Crippen LogP contribution in [0.1, 0.15) is 45.6 Å². The molecule has 0 aromatic heterocycles. The molecular formula is C21H30ClF3N2O2. The monoisotopic (exact) mass is 434 g/mol. The van der Waals surface area contributed by atoms with E-state index in [9.17, 15) is 18.0 Å². The maximum absolute atomic E-state index is 14.1. The maximum Gasteiger partial charge on any atom is 0.410 e. The van der Waals surface area contributed by atoms with Crippen LogP contribution in [-0.4, -0.2) is 53.3 Å². The fraction of sp³-hybridized carbons (Fsp3) is 0.667. The summed E-state index contributed by atoms with van der Waals surface area (Å²) >= 11 is 0. The van der Waals surface area contributed by atoms with E-state index in [1.54, 1.807) is 30.6 Å². The highest BCUT2D eigenvalue weighted by Gasteiger charge is 2.60. The van der Waals surface area contributed by atoms with Crippen LogP contribution in [0.5, 0.6) is 0 Å². The third-order valence-corrected chi connectivity index (χ3v) is 5.79. The van der Waals surface area contributed by atoms with Gasteiger partial charge in [-0.2, -0.15) is 13.2 Å². The van der Waals surface area contributed by atoms with Gasteiger partial charge in [0.25, 0.3) is 0 Å². The number of halogens is 4. The van der Waals surface area contributed by atoms with Gasteiger partial charge in [0.1, 0.15) is 11.6 Å². The van der Waals surface area contributed by atoms with E-state index < -0.39 is 29.3 Å². The van der Waals surface area contributed by atoms with Gasteiger partial charge in [0.05, 0.1) is 0 Å². The van der Waals surface area contributed by atoms with Crippen LogP contribution in [0.25, 0.3) is 0 Å². The Bertz CT molecular complexity index is 683. The van der Waals surface area contributed by atoms with Crippen LogP contribution < -0.4 is 0 Å². The highest BCUT2D eigenvalue weighted by Crippen LogP contribution is 2.51. The van der Waals surface area contributed by atoms with Crippen molar-refractivity contribution in [3.63, 3.8) is 0 Å². The number of likely N-dealkylation sites (tertiary alicyclic amines) is 2. The zero-order valence-corrected chi connectivity index (χ0v) is 18.0. The lowest BCUT2D eigenvalue weighted by molar-refractivity contribution is -0.206. The van der Waals surface area contributed by atoms with Crippen molar-refractivity contribution in [1.82, 2.24) is 9.80 Å². The van der Waals surface area contributed by atoms with Gasteiger partial charge < -0.3 is 9.64 Å². The fourth-order valence-corrected chi connectivity index (χ4v) is 4.55. The maximum atomic E-state index is 14.1. The third-order valence-electron chi connectivity index (χ3n) is 5.79. The average Bonchev–Trinajstić information content (AvgIpc) is 2.92. The molecule has 2 heterocycles. The lowest BCUT2D eigenvalue weighted by atomic mass is 9.72. The number of carbonyl (C=O) groups excluding carboxylic acids is 1. The first-order chi connectivity index (χ1) is 13.0. The number of nitrogens with zero attached hydrogens (tertiary/aromatic N) is 2. The zero-order valence-electron chi connectivity index (χ0n) is 17.2. The van der Waals surface area contributed by atoms with Gasteiger partial charge in [-0.3, -0.25) is 4.90 Å². The molecule has 29 heavy (non-hydrogen) atoms. The molecule has 0 N–H and O–H groups in total. The SMILES string of the molecule is CC(C)(C)OC(=O)N1CCC2(CC1)CCN(Cc1ccccc1)C2C(F)(F)F.Cl. The number of amides is 1. The number of piperidine rings is 1. The molecule has 0 aliphatic carbocycles. The average molecular weight is 435 g/mol. The topological polar surface area (TPSA) is 32.8 Å². The predicted octanol–water partition coefficient (Wildman–Crippen LogP) is 5.26. The number of ether oxygens (including phenoxy) is 1. The van der Waals surface area contributed by atoms with Crippen molar-refractivity contribution in [1.29, 1.82) is 0 Å². The Kier molecular flexibility index (Phi) is 7.16. The second-order valence-corrected chi connectivity index (χ2v) is 8.98. The van der Waals surface area contributed by atoms with Crippen LogP contribution in [0.2, 0.25) is 0 Å². The lowest BCUT2D eigenvalue weighted by Crippen LogP contribution is -2.54. The molecular weight excluding hydrogens is 405 g/mol. The normalized spacial score (nSPS) is 22.4. The fourth-order valence-electron chi connectivity index (χ4n) is 4.55. The molecule has 2 aliphatic heterocycles. The lowest BCUT2D eigenvalue weighted by Gasteiger charge is -2.44. The summed E-state index contributed by atoms with van der Waals surface area (Å²) in [7, 11) is 0. The molecule has 8 heteroatoms. The molecule has 2 saturated heterocycles.